The Kier molecular flexibility index (Phi) is 3.66. The number of nitrogens with zero attached hydrogens (tertiary/aromatic N) is 1. The number of hydrogen-bond acceptors (Lipinski definition) is 4. The van der Waals surface area contributed by atoms with E-state index >= 15 is 0 Å². The van der Waals surface area contributed by atoms with Gasteiger partial charge in [0.05, 0.1) is 4.92 Å². The Morgan fingerprint density at radius 1 is 1.50 bits per heavy atom. The molecule has 6 nitrogen and oxygen atoms in total. The minimum Gasteiger partial charge on any atom is -0.276 e. The van der Waals surface area contributed by atoms with Crippen LogP contribution in [0.25, 0.3) is 0 Å². The Morgan fingerprint density at radius 2 is 2.12 bits per heavy atom. The van der Waals surface area contributed by atoms with E-state index in [4.69, 9.17) is 11.6 Å². The van der Waals surface area contributed by atoms with E-state index in [0.717, 1.165) is 12.1 Å². The molecular formula is C7H6ClFN2O4S. The minimum absolute atomic E-state index is 0.453. The summed E-state index contributed by atoms with van der Waals surface area (Å²) in [6, 6.07) is 2.43. The van der Waals surface area contributed by atoms with Crippen molar-refractivity contribution in [3.05, 3.63) is 34.1 Å². The summed E-state index contributed by atoms with van der Waals surface area (Å²) < 4.78 is 36.8. The van der Waals surface area contributed by atoms with Crippen molar-refractivity contribution in [3.8, 4) is 0 Å². The van der Waals surface area contributed by atoms with Crippen molar-refractivity contribution in [2.45, 2.75) is 0 Å². The fourth-order valence-electron chi connectivity index (χ4n) is 0.944. The predicted molar refractivity (Wildman–Crippen MR) is 56.3 cm³/mol. The fraction of sp³-hybridized carbons (Fsp3) is 0.143. The van der Waals surface area contributed by atoms with E-state index in [-0.39, 0.29) is 0 Å². The molecule has 0 bridgehead atoms. The van der Waals surface area contributed by atoms with Crippen LogP contribution < -0.4 is 4.72 Å². The average molecular weight is 269 g/mol. The largest absolute Gasteiger partial charge is 0.293 e. The molecule has 0 unspecified atom stereocenters. The number of anilines is 1. The highest BCUT2D eigenvalue weighted by Crippen LogP contribution is 2.25. The third-order valence-electron chi connectivity index (χ3n) is 1.56. The molecule has 0 saturated heterocycles. The van der Waals surface area contributed by atoms with Crippen LogP contribution in [0.5, 0.6) is 0 Å². The molecule has 0 spiro atoms. The molecule has 0 heterocycles. The molecule has 0 fully saturated rings. The monoisotopic (exact) mass is 268 g/mol. The first kappa shape index (κ1) is 12.7. The third-order valence-corrected chi connectivity index (χ3v) is 3.24. The predicted octanol–water partition coefficient (Wildman–Crippen LogP) is 1.67. The lowest BCUT2D eigenvalue weighted by atomic mass is 10.3. The van der Waals surface area contributed by atoms with Gasteiger partial charge in [0.1, 0.15) is 16.7 Å². The quantitative estimate of drug-likeness (QED) is 0.511. The van der Waals surface area contributed by atoms with Crippen LogP contribution in [0.15, 0.2) is 18.2 Å². The number of nitrogens with one attached hydrogen (secondary N) is 1. The molecule has 0 radical (unpaired) electrons. The summed E-state index contributed by atoms with van der Waals surface area (Å²) >= 11 is 5.10. The van der Waals surface area contributed by atoms with Gasteiger partial charge >= 0.3 is 0 Å². The van der Waals surface area contributed by atoms with Gasteiger partial charge < -0.3 is 0 Å². The Bertz CT molecular complexity index is 519. The van der Waals surface area contributed by atoms with Crippen LogP contribution in [0.1, 0.15) is 0 Å². The topological polar surface area (TPSA) is 89.3 Å². The first-order chi connectivity index (χ1) is 7.35. The summed E-state index contributed by atoms with van der Waals surface area (Å²) in [5.74, 6) is -0.794. The molecule has 1 aromatic carbocycles. The molecule has 0 aliphatic rings. The summed E-state index contributed by atoms with van der Waals surface area (Å²) in [5, 5.41) is 9.75. The number of alkyl halides is 1. The smallest absolute Gasteiger partial charge is 0.276 e. The van der Waals surface area contributed by atoms with Crippen LogP contribution in [0.3, 0.4) is 0 Å². The molecule has 0 amide bonds. The summed E-state index contributed by atoms with van der Waals surface area (Å²) in [6.45, 7) is 0. The van der Waals surface area contributed by atoms with Gasteiger partial charge in [-0.25, -0.2) is 12.8 Å². The first-order valence-corrected chi connectivity index (χ1v) is 6.05. The van der Waals surface area contributed by atoms with Gasteiger partial charge in [-0.3, -0.25) is 14.8 Å². The van der Waals surface area contributed by atoms with Crippen molar-refractivity contribution in [2.24, 2.45) is 0 Å². The maximum absolute atomic E-state index is 12.8. The van der Waals surface area contributed by atoms with E-state index < -0.39 is 37.4 Å². The summed E-state index contributed by atoms with van der Waals surface area (Å²) in [4.78, 5) is 9.69. The van der Waals surface area contributed by atoms with Crippen LogP contribution in [0, 0.1) is 15.9 Å². The zero-order valence-corrected chi connectivity index (χ0v) is 9.26. The summed E-state index contributed by atoms with van der Waals surface area (Å²) in [7, 11) is -3.90. The zero-order valence-electron chi connectivity index (χ0n) is 7.68. The van der Waals surface area contributed by atoms with Gasteiger partial charge in [0, 0.05) is 12.1 Å². The molecule has 0 saturated carbocycles. The van der Waals surface area contributed by atoms with Crippen molar-refractivity contribution in [1.29, 1.82) is 0 Å². The normalized spacial score (nSPS) is 11.1. The maximum Gasteiger partial charge on any atom is 0.293 e. The second-order valence-electron chi connectivity index (χ2n) is 2.74. The summed E-state index contributed by atoms with van der Waals surface area (Å²) in [5.41, 5.74) is -0.999. The Hall–Kier alpha value is -1.41. The van der Waals surface area contributed by atoms with Crippen LogP contribution >= 0.6 is 11.6 Å². The third kappa shape index (κ3) is 3.04. The lowest BCUT2D eigenvalue weighted by molar-refractivity contribution is -0.383. The second-order valence-corrected chi connectivity index (χ2v) is 5.05. The van der Waals surface area contributed by atoms with E-state index in [1.165, 1.54) is 0 Å². The Morgan fingerprint density at radius 3 is 2.62 bits per heavy atom. The molecule has 0 aromatic heterocycles. The van der Waals surface area contributed by atoms with Gasteiger partial charge in [0.15, 0.2) is 0 Å². The van der Waals surface area contributed by atoms with Crippen molar-refractivity contribution < 1.29 is 17.7 Å². The molecule has 1 aromatic rings. The number of sulfonamides is 1. The number of hydrogen-bond donors (Lipinski definition) is 1. The number of halogens is 2. The highest BCUT2D eigenvalue weighted by Gasteiger charge is 2.18. The molecule has 1 rings (SSSR count). The second kappa shape index (κ2) is 4.62. The molecule has 1 N–H and O–H groups in total. The molecule has 0 aliphatic heterocycles. The number of benzene rings is 1. The Balaban J connectivity index is 3.21. The zero-order chi connectivity index (χ0) is 12.3. The molecule has 16 heavy (non-hydrogen) atoms. The van der Waals surface area contributed by atoms with E-state index in [0.29, 0.717) is 6.07 Å². The van der Waals surface area contributed by atoms with E-state index in [9.17, 15) is 22.9 Å². The maximum atomic E-state index is 12.8. The van der Waals surface area contributed by atoms with Crippen molar-refractivity contribution >= 4 is 33.0 Å². The first-order valence-electron chi connectivity index (χ1n) is 3.86. The summed E-state index contributed by atoms with van der Waals surface area (Å²) in [6.07, 6.45) is 0. The van der Waals surface area contributed by atoms with Gasteiger partial charge in [-0.05, 0) is 6.07 Å². The lowest BCUT2D eigenvalue weighted by Gasteiger charge is -2.05. The van der Waals surface area contributed by atoms with Crippen LogP contribution in [0.2, 0.25) is 0 Å². The van der Waals surface area contributed by atoms with E-state index in [1.54, 1.807) is 0 Å². The molecule has 0 atom stereocenters. The molecule has 0 aliphatic carbocycles. The van der Waals surface area contributed by atoms with E-state index in [1.807, 2.05) is 4.72 Å². The van der Waals surface area contributed by atoms with Crippen molar-refractivity contribution in [2.75, 3.05) is 9.93 Å². The van der Waals surface area contributed by atoms with Crippen molar-refractivity contribution in [3.63, 3.8) is 0 Å². The molecule has 9 heteroatoms. The highest BCUT2D eigenvalue weighted by atomic mass is 35.5. The van der Waals surface area contributed by atoms with Crippen LogP contribution in [0.4, 0.5) is 15.8 Å². The minimum atomic E-state index is -3.90. The number of nitro groups is 1. The average Bonchev–Trinajstić information content (AvgIpc) is 2.16. The number of nitro benzene ring substituents is 1. The van der Waals surface area contributed by atoms with Gasteiger partial charge in [0.2, 0.25) is 10.0 Å². The van der Waals surface area contributed by atoms with Crippen LogP contribution in [-0.4, -0.2) is 18.6 Å². The van der Waals surface area contributed by atoms with E-state index in [2.05, 4.69) is 0 Å². The number of rotatable bonds is 4. The van der Waals surface area contributed by atoms with Gasteiger partial charge in [0.25, 0.3) is 5.69 Å². The van der Waals surface area contributed by atoms with Gasteiger partial charge in [-0.1, -0.05) is 0 Å². The molecular weight excluding hydrogens is 263 g/mol. The lowest BCUT2D eigenvalue weighted by Crippen LogP contribution is -2.14. The molecule has 88 valence electrons. The van der Waals surface area contributed by atoms with Crippen molar-refractivity contribution in [1.82, 2.24) is 0 Å². The fourth-order valence-corrected chi connectivity index (χ4v) is 1.66. The highest BCUT2D eigenvalue weighted by molar-refractivity contribution is 7.93. The van der Waals surface area contributed by atoms with Gasteiger partial charge in [-0.15, -0.1) is 11.6 Å². The standard InChI is InChI=1S/C7H6ClFN2O4S/c8-4-16(14,15)10-6-3-5(9)1-2-7(6)11(12)13/h1-3,10H,4H2. The Labute approximate surface area is 95.2 Å². The van der Waals surface area contributed by atoms with Crippen LogP contribution in [-0.2, 0) is 10.0 Å². The van der Waals surface area contributed by atoms with Gasteiger partial charge in [-0.2, -0.15) is 0 Å². The SMILES string of the molecule is O=[N+]([O-])c1ccc(F)cc1NS(=O)(=O)CCl.